The summed E-state index contributed by atoms with van der Waals surface area (Å²) in [5.41, 5.74) is 7.10. The van der Waals surface area contributed by atoms with Gasteiger partial charge in [-0.05, 0) is 44.7 Å². The van der Waals surface area contributed by atoms with Gasteiger partial charge in [0.2, 0.25) is 0 Å². The smallest absolute Gasteiger partial charge is 0.275 e. The van der Waals surface area contributed by atoms with Gasteiger partial charge < -0.3 is 16.0 Å². The summed E-state index contributed by atoms with van der Waals surface area (Å²) < 4.78 is 0. The number of nitrogens with two attached hydrogens (primary N) is 1. The van der Waals surface area contributed by atoms with Crippen molar-refractivity contribution in [1.82, 2.24) is 9.88 Å². The first-order valence-electron chi connectivity index (χ1n) is 7.94. The van der Waals surface area contributed by atoms with Crippen LogP contribution in [0.3, 0.4) is 0 Å². The summed E-state index contributed by atoms with van der Waals surface area (Å²) in [5.74, 6) is -0.277. The van der Waals surface area contributed by atoms with E-state index in [0.29, 0.717) is 43.0 Å². The molecule has 2 amide bonds. The van der Waals surface area contributed by atoms with Crippen molar-refractivity contribution in [2.45, 2.75) is 20.3 Å². The van der Waals surface area contributed by atoms with E-state index in [4.69, 9.17) is 5.73 Å². The minimum atomic E-state index is -0.266. The first-order valence-corrected chi connectivity index (χ1v) is 8.82. The van der Waals surface area contributed by atoms with E-state index < -0.39 is 0 Å². The topological polar surface area (TPSA) is 88.3 Å². The van der Waals surface area contributed by atoms with E-state index in [1.54, 1.807) is 34.5 Å². The molecule has 0 bridgehead atoms. The standard InChI is InChI=1S/C17H22N4O2S/c1-3-21(4-2)17(23)12-5-7-13(8-6-12)19-16(22)14-11-24-15(20-14)9-10-18/h5-8,11H,3-4,9-10,18H2,1-2H3,(H,19,22). The quantitative estimate of drug-likeness (QED) is 0.805. The number of nitrogens with zero attached hydrogens (tertiary/aromatic N) is 2. The van der Waals surface area contributed by atoms with Crippen LogP contribution in [0.1, 0.15) is 39.7 Å². The fourth-order valence-electron chi connectivity index (χ4n) is 2.24. The SMILES string of the molecule is CCN(CC)C(=O)c1ccc(NC(=O)c2csc(CCN)n2)cc1. The molecule has 0 aliphatic heterocycles. The van der Waals surface area contributed by atoms with E-state index in [1.165, 1.54) is 11.3 Å². The highest BCUT2D eigenvalue weighted by Gasteiger charge is 2.14. The number of aromatic nitrogens is 1. The molecule has 6 nitrogen and oxygen atoms in total. The van der Waals surface area contributed by atoms with Crippen molar-refractivity contribution in [3.63, 3.8) is 0 Å². The molecule has 1 aromatic heterocycles. The molecule has 128 valence electrons. The molecule has 0 aliphatic carbocycles. The molecule has 0 unspecified atom stereocenters. The average Bonchev–Trinajstić information content (AvgIpc) is 3.06. The molecule has 0 saturated heterocycles. The maximum Gasteiger partial charge on any atom is 0.275 e. The van der Waals surface area contributed by atoms with E-state index in [-0.39, 0.29) is 11.8 Å². The van der Waals surface area contributed by atoms with Crippen molar-refractivity contribution >= 4 is 28.8 Å². The van der Waals surface area contributed by atoms with Gasteiger partial charge in [0.25, 0.3) is 11.8 Å². The lowest BCUT2D eigenvalue weighted by Gasteiger charge is -2.18. The normalized spacial score (nSPS) is 10.5. The Labute approximate surface area is 145 Å². The van der Waals surface area contributed by atoms with Gasteiger partial charge in [0, 0.05) is 36.1 Å². The number of benzene rings is 1. The van der Waals surface area contributed by atoms with Crippen LogP contribution in [-0.2, 0) is 6.42 Å². The highest BCUT2D eigenvalue weighted by Crippen LogP contribution is 2.15. The van der Waals surface area contributed by atoms with Crippen LogP contribution in [0.5, 0.6) is 0 Å². The van der Waals surface area contributed by atoms with Gasteiger partial charge >= 0.3 is 0 Å². The third-order valence-corrected chi connectivity index (χ3v) is 4.49. The van der Waals surface area contributed by atoms with Crippen LogP contribution in [0, 0.1) is 0 Å². The molecule has 0 saturated carbocycles. The number of hydrogen-bond donors (Lipinski definition) is 2. The van der Waals surface area contributed by atoms with E-state index >= 15 is 0 Å². The zero-order valence-corrected chi connectivity index (χ0v) is 14.7. The molecule has 7 heteroatoms. The van der Waals surface area contributed by atoms with Gasteiger partial charge in [-0.3, -0.25) is 9.59 Å². The van der Waals surface area contributed by atoms with E-state index in [2.05, 4.69) is 10.3 Å². The zero-order valence-electron chi connectivity index (χ0n) is 13.9. The van der Waals surface area contributed by atoms with Gasteiger partial charge in [-0.1, -0.05) is 0 Å². The van der Waals surface area contributed by atoms with Gasteiger partial charge in [-0.25, -0.2) is 4.98 Å². The van der Waals surface area contributed by atoms with Crippen molar-refractivity contribution in [3.05, 3.63) is 45.9 Å². The summed E-state index contributed by atoms with van der Waals surface area (Å²) in [4.78, 5) is 30.4. The van der Waals surface area contributed by atoms with Crippen molar-refractivity contribution in [2.75, 3.05) is 25.0 Å². The number of hydrogen-bond acceptors (Lipinski definition) is 5. The summed E-state index contributed by atoms with van der Waals surface area (Å²) in [7, 11) is 0. The van der Waals surface area contributed by atoms with Crippen molar-refractivity contribution in [3.8, 4) is 0 Å². The minimum absolute atomic E-state index is 0.0104. The Bertz CT molecular complexity index is 693. The number of amides is 2. The molecule has 0 aliphatic rings. The van der Waals surface area contributed by atoms with Gasteiger partial charge in [-0.15, -0.1) is 11.3 Å². The summed E-state index contributed by atoms with van der Waals surface area (Å²) in [6.07, 6.45) is 0.667. The van der Waals surface area contributed by atoms with Gasteiger partial charge in [0.15, 0.2) is 0 Å². The third kappa shape index (κ3) is 4.39. The second-order valence-electron chi connectivity index (χ2n) is 5.17. The maximum atomic E-state index is 12.2. The molecule has 0 atom stereocenters. The molecule has 0 spiro atoms. The van der Waals surface area contributed by atoms with Crippen molar-refractivity contribution in [2.24, 2.45) is 5.73 Å². The second-order valence-corrected chi connectivity index (χ2v) is 6.12. The fourth-order valence-corrected chi connectivity index (χ4v) is 3.03. The van der Waals surface area contributed by atoms with Gasteiger partial charge in [-0.2, -0.15) is 0 Å². The van der Waals surface area contributed by atoms with Crippen LogP contribution < -0.4 is 11.1 Å². The Kier molecular flexibility index (Phi) is 6.45. The molecule has 3 N–H and O–H groups in total. The molecule has 0 fully saturated rings. The molecule has 1 heterocycles. The summed E-state index contributed by atoms with van der Waals surface area (Å²) in [6.45, 7) is 5.74. The monoisotopic (exact) mass is 346 g/mol. The second kappa shape index (κ2) is 8.56. The average molecular weight is 346 g/mol. The Hall–Kier alpha value is -2.25. The maximum absolute atomic E-state index is 12.2. The molecule has 0 radical (unpaired) electrons. The number of anilines is 1. The van der Waals surface area contributed by atoms with Crippen LogP contribution in [0.4, 0.5) is 5.69 Å². The molecular formula is C17H22N4O2S. The lowest BCUT2D eigenvalue weighted by atomic mass is 10.1. The Morgan fingerprint density at radius 3 is 2.46 bits per heavy atom. The van der Waals surface area contributed by atoms with Gasteiger partial charge in [0.05, 0.1) is 5.01 Å². The number of rotatable bonds is 7. The molecular weight excluding hydrogens is 324 g/mol. The predicted octanol–water partition coefficient (Wildman–Crippen LogP) is 2.38. The number of carbonyl (C=O) groups excluding carboxylic acids is 2. The molecule has 2 aromatic rings. The van der Waals surface area contributed by atoms with Crippen LogP contribution in [0.25, 0.3) is 0 Å². The van der Waals surface area contributed by atoms with Crippen molar-refractivity contribution in [1.29, 1.82) is 0 Å². The van der Waals surface area contributed by atoms with Crippen molar-refractivity contribution < 1.29 is 9.59 Å². The zero-order chi connectivity index (χ0) is 17.5. The fraction of sp³-hybridized carbons (Fsp3) is 0.353. The summed E-state index contributed by atoms with van der Waals surface area (Å²) in [5, 5.41) is 5.36. The van der Waals surface area contributed by atoms with Crippen LogP contribution in [-0.4, -0.2) is 41.3 Å². The molecule has 24 heavy (non-hydrogen) atoms. The molecule has 1 aromatic carbocycles. The predicted molar refractivity (Wildman–Crippen MR) is 96.5 cm³/mol. The summed E-state index contributed by atoms with van der Waals surface area (Å²) in [6, 6.07) is 6.89. The lowest BCUT2D eigenvalue weighted by molar-refractivity contribution is 0.0773. The minimum Gasteiger partial charge on any atom is -0.339 e. The van der Waals surface area contributed by atoms with E-state index in [1.807, 2.05) is 13.8 Å². The first kappa shape index (κ1) is 18.1. The van der Waals surface area contributed by atoms with Crippen LogP contribution in [0.2, 0.25) is 0 Å². The number of carbonyl (C=O) groups is 2. The molecule has 2 rings (SSSR count). The van der Waals surface area contributed by atoms with Crippen LogP contribution >= 0.6 is 11.3 Å². The summed E-state index contributed by atoms with van der Waals surface area (Å²) >= 11 is 1.43. The highest BCUT2D eigenvalue weighted by atomic mass is 32.1. The largest absolute Gasteiger partial charge is 0.339 e. The Morgan fingerprint density at radius 2 is 1.88 bits per heavy atom. The number of nitrogens with one attached hydrogen (secondary N) is 1. The third-order valence-electron chi connectivity index (χ3n) is 3.58. The van der Waals surface area contributed by atoms with E-state index in [0.717, 1.165) is 5.01 Å². The Morgan fingerprint density at radius 1 is 1.21 bits per heavy atom. The number of thiazole rings is 1. The van der Waals surface area contributed by atoms with Crippen LogP contribution in [0.15, 0.2) is 29.6 Å². The Balaban J connectivity index is 2.02. The van der Waals surface area contributed by atoms with Gasteiger partial charge in [0.1, 0.15) is 5.69 Å². The lowest BCUT2D eigenvalue weighted by Crippen LogP contribution is -2.30. The van der Waals surface area contributed by atoms with E-state index in [9.17, 15) is 9.59 Å². The first-order chi connectivity index (χ1) is 11.6. The highest BCUT2D eigenvalue weighted by molar-refractivity contribution is 7.09.